The van der Waals surface area contributed by atoms with Crippen LogP contribution < -0.4 is 0 Å². The van der Waals surface area contributed by atoms with Crippen molar-refractivity contribution in [1.82, 2.24) is 0 Å². The predicted molar refractivity (Wildman–Crippen MR) is 42.1 cm³/mol. The van der Waals surface area contributed by atoms with Crippen LogP contribution in [-0.2, 0) is 0 Å². The highest BCUT2D eigenvalue weighted by molar-refractivity contribution is 4.58. The summed E-state index contributed by atoms with van der Waals surface area (Å²) in [6.07, 6.45) is 0.349. The highest BCUT2D eigenvalue weighted by atomic mass is 16.6. The average Bonchev–Trinajstić information content (AvgIpc) is 1.98. The number of nitro groups is 2. The van der Waals surface area contributed by atoms with Crippen LogP contribution in [-0.4, -0.2) is 21.9 Å². The minimum Gasteiger partial charge on any atom is -0.264 e. The third kappa shape index (κ3) is 3.27. The first kappa shape index (κ1) is 10.8. The van der Waals surface area contributed by atoms with E-state index in [0.29, 0.717) is 6.42 Å². The van der Waals surface area contributed by atoms with Crippen LogP contribution in [0, 0.1) is 20.2 Å². The van der Waals surface area contributed by atoms with E-state index in [1.807, 2.05) is 0 Å². The van der Waals surface area contributed by atoms with Crippen LogP contribution in [0.4, 0.5) is 0 Å². The van der Waals surface area contributed by atoms with Gasteiger partial charge in [-0.05, 0) is 0 Å². The van der Waals surface area contributed by atoms with Crippen LogP contribution in [0.15, 0.2) is 0 Å². The van der Waals surface area contributed by atoms with Gasteiger partial charge in [-0.1, -0.05) is 6.92 Å². The molecule has 0 aliphatic rings. The monoisotopic (exact) mass is 176 g/mol. The normalized spacial score (nSPS) is 15.2. The summed E-state index contributed by atoms with van der Waals surface area (Å²) in [4.78, 5) is 19.5. The van der Waals surface area contributed by atoms with E-state index in [2.05, 4.69) is 0 Å². The van der Waals surface area contributed by atoms with Crippen molar-refractivity contribution < 1.29 is 9.85 Å². The Morgan fingerprint density at radius 1 is 1.25 bits per heavy atom. The molecule has 0 heterocycles. The molecule has 6 nitrogen and oxygen atoms in total. The molecule has 2 atom stereocenters. The van der Waals surface area contributed by atoms with Gasteiger partial charge < -0.3 is 0 Å². The lowest BCUT2D eigenvalue weighted by Gasteiger charge is -2.07. The minimum atomic E-state index is -0.833. The molecule has 0 aliphatic carbocycles. The smallest absolute Gasteiger partial charge is 0.219 e. The van der Waals surface area contributed by atoms with Gasteiger partial charge in [0.25, 0.3) is 0 Å². The Kier molecular flexibility index (Phi) is 4.17. The zero-order chi connectivity index (χ0) is 9.72. The van der Waals surface area contributed by atoms with Crippen molar-refractivity contribution in [1.29, 1.82) is 0 Å². The van der Waals surface area contributed by atoms with Gasteiger partial charge in [-0.2, -0.15) is 0 Å². The van der Waals surface area contributed by atoms with Gasteiger partial charge in [-0.25, -0.2) is 0 Å². The van der Waals surface area contributed by atoms with Gasteiger partial charge >= 0.3 is 0 Å². The molecule has 0 amide bonds. The zero-order valence-electron chi connectivity index (χ0n) is 7.10. The van der Waals surface area contributed by atoms with E-state index in [1.165, 1.54) is 6.92 Å². The summed E-state index contributed by atoms with van der Waals surface area (Å²) in [5, 5.41) is 20.4. The van der Waals surface area contributed by atoms with Gasteiger partial charge in [0.2, 0.25) is 12.1 Å². The molecule has 0 aliphatic heterocycles. The fourth-order valence-corrected chi connectivity index (χ4v) is 0.882. The molecule has 0 aromatic rings. The molecule has 0 bridgehead atoms. The molecular formula is C6H12N2O4. The summed E-state index contributed by atoms with van der Waals surface area (Å²) >= 11 is 0. The Hall–Kier alpha value is -1.20. The highest BCUT2D eigenvalue weighted by Gasteiger charge is 2.26. The summed E-state index contributed by atoms with van der Waals surface area (Å²) in [6.45, 7) is 3.03. The summed E-state index contributed by atoms with van der Waals surface area (Å²) in [6, 6.07) is -1.62. The van der Waals surface area contributed by atoms with Crippen LogP contribution >= 0.6 is 0 Å². The van der Waals surface area contributed by atoms with E-state index in [0.717, 1.165) is 0 Å². The summed E-state index contributed by atoms with van der Waals surface area (Å²) in [5.41, 5.74) is 0. The molecular weight excluding hydrogens is 164 g/mol. The van der Waals surface area contributed by atoms with Crippen LogP contribution in [0.5, 0.6) is 0 Å². The quantitative estimate of drug-likeness (QED) is 0.463. The molecule has 0 radical (unpaired) electrons. The van der Waals surface area contributed by atoms with Crippen molar-refractivity contribution in [2.45, 2.75) is 38.8 Å². The highest BCUT2D eigenvalue weighted by Crippen LogP contribution is 2.07. The van der Waals surface area contributed by atoms with Gasteiger partial charge in [0.15, 0.2) is 0 Å². The second kappa shape index (κ2) is 4.63. The summed E-state index contributed by atoms with van der Waals surface area (Å²) in [5.74, 6) is 0. The molecule has 0 spiro atoms. The van der Waals surface area contributed by atoms with E-state index < -0.39 is 21.9 Å². The Morgan fingerprint density at radius 3 is 2.00 bits per heavy atom. The molecule has 0 saturated heterocycles. The molecule has 12 heavy (non-hydrogen) atoms. The first-order valence-corrected chi connectivity index (χ1v) is 3.76. The maximum Gasteiger partial charge on any atom is 0.219 e. The Labute approximate surface area is 69.9 Å². The third-order valence-corrected chi connectivity index (χ3v) is 1.74. The number of hydrogen-bond donors (Lipinski definition) is 0. The lowest BCUT2D eigenvalue weighted by Crippen LogP contribution is -2.27. The van der Waals surface area contributed by atoms with Crippen LogP contribution in [0.2, 0.25) is 0 Å². The molecule has 0 fully saturated rings. The fourth-order valence-electron chi connectivity index (χ4n) is 0.882. The number of rotatable bonds is 5. The molecule has 70 valence electrons. The van der Waals surface area contributed by atoms with Crippen LogP contribution in [0.25, 0.3) is 0 Å². The molecule has 6 heteroatoms. The summed E-state index contributed by atoms with van der Waals surface area (Å²) in [7, 11) is 0. The third-order valence-electron chi connectivity index (χ3n) is 1.74. The second-order valence-corrected chi connectivity index (χ2v) is 2.72. The maximum atomic E-state index is 10.3. The second-order valence-electron chi connectivity index (χ2n) is 2.72. The fraction of sp³-hybridized carbons (Fsp3) is 1.00. The van der Waals surface area contributed by atoms with Crippen molar-refractivity contribution in [3.8, 4) is 0 Å². The molecule has 0 aromatic heterocycles. The topological polar surface area (TPSA) is 86.3 Å². The number of nitrogens with zero attached hydrogens (tertiary/aromatic N) is 2. The molecule has 0 rings (SSSR count). The Balaban J connectivity index is 4.02. The average molecular weight is 176 g/mol. The molecule has 0 N–H and O–H groups in total. The van der Waals surface area contributed by atoms with Crippen LogP contribution in [0.1, 0.15) is 26.7 Å². The lowest BCUT2D eigenvalue weighted by atomic mass is 10.1. The van der Waals surface area contributed by atoms with Gasteiger partial charge in [-0.3, -0.25) is 20.2 Å². The number of hydrogen-bond acceptors (Lipinski definition) is 4. The first-order valence-electron chi connectivity index (χ1n) is 3.76. The Bertz CT molecular complexity index is 182. The standard InChI is InChI=1S/C6H12N2O4/c1-3-6(8(11)12)4-5(2)7(9)10/h5-6H,3-4H2,1-2H3. The van der Waals surface area contributed by atoms with E-state index in [4.69, 9.17) is 0 Å². The first-order chi connectivity index (χ1) is 5.49. The van der Waals surface area contributed by atoms with Gasteiger partial charge in [0.05, 0.1) is 6.42 Å². The lowest BCUT2D eigenvalue weighted by molar-refractivity contribution is -0.558. The zero-order valence-corrected chi connectivity index (χ0v) is 7.10. The SMILES string of the molecule is CCC(CC(C)[N+](=O)[O-])[N+](=O)[O-]. The van der Waals surface area contributed by atoms with Crippen molar-refractivity contribution in [3.05, 3.63) is 20.2 Å². The van der Waals surface area contributed by atoms with Crippen molar-refractivity contribution in [2.75, 3.05) is 0 Å². The Morgan fingerprint density at radius 2 is 1.75 bits per heavy atom. The van der Waals surface area contributed by atoms with Crippen molar-refractivity contribution in [3.63, 3.8) is 0 Å². The predicted octanol–water partition coefficient (Wildman–Crippen LogP) is 1.10. The summed E-state index contributed by atoms with van der Waals surface area (Å²) < 4.78 is 0. The van der Waals surface area contributed by atoms with Crippen LogP contribution in [0.3, 0.4) is 0 Å². The minimum absolute atomic E-state index is 0.0104. The van der Waals surface area contributed by atoms with E-state index >= 15 is 0 Å². The van der Waals surface area contributed by atoms with E-state index in [1.54, 1.807) is 6.92 Å². The van der Waals surface area contributed by atoms with Gasteiger partial charge in [0, 0.05) is 23.2 Å². The molecule has 0 saturated carbocycles. The van der Waals surface area contributed by atoms with Crippen molar-refractivity contribution >= 4 is 0 Å². The van der Waals surface area contributed by atoms with Gasteiger partial charge in [-0.15, -0.1) is 0 Å². The van der Waals surface area contributed by atoms with Crippen molar-refractivity contribution in [2.24, 2.45) is 0 Å². The maximum absolute atomic E-state index is 10.3. The molecule has 2 unspecified atom stereocenters. The van der Waals surface area contributed by atoms with E-state index in [9.17, 15) is 20.2 Å². The largest absolute Gasteiger partial charge is 0.264 e. The molecule has 0 aromatic carbocycles. The van der Waals surface area contributed by atoms with E-state index in [-0.39, 0.29) is 6.42 Å². The van der Waals surface area contributed by atoms with Gasteiger partial charge in [0.1, 0.15) is 0 Å².